The first-order valence-corrected chi connectivity index (χ1v) is 7.36. The van der Waals surface area contributed by atoms with Gasteiger partial charge in [0.05, 0.1) is 18.8 Å². The van der Waals surface area contributed by atoms with E-state index in [9.17, 15) is 8.42 Å². The van der Waals surface area contributed by atoms with E-state index in [2.05, 4.69) is 0 Å². The molecule has 1 rings (SSSR count). The molecule has 1 fully saturated rings. The van der Waals surface area contributed by atoms with Crippen LogP contribution in [-0.2, 0) is 14.9 Å². The third kappa shape index (κ3) is 3.38. The molecule has 2 unspecified atom stereocenters. The molecule has 0 bridgehead atoms. The Morgan fingerprint density at radius 1 is 1.35 bits per heavy atom. The molecule has 6 nitrogen and oxygen atoms in total. The fraction of sp³-hybridized carbons (Fsp3) is 1.00. The topological polar surface area (TPSA) is 70.1 Å². The van der Waals surface area contributed by atoms with Gasteiger partial charge in [0.25, 0.3) is 10.2 Å². The van der Waals surface area contributed by atoms with E-state index in [0.29, 0.717) is 19.6 Å². The lowest BCUT2D eigenvalue weighted by Crippen LogP contribution is -2.54. The van der Waals surface area contributed by atoms with E-state index in [4.69, 9.17) is 9.84 Å². The van der Waals surface area contributed by atoms with Crippen LogP contribution >= 0.6 is 0 Å². The predicted octanol–water partition coefficient (Wildman–Crippen LogP) is -0.345. The molecule has 102 valence electrons. The standard InChI is InChI=1S/C10H22N2O4S/c1-4-11(5-2)17(14,15)12-6-9(3)16-10(7-12)8-13/h9-10,13H,4-8H2,1-3H3. The third-order valence-electron chi connectivity index (χ3n) is 2.85. The molecule has 0 spiro atoms. The molecule has 0 aliphatic carbocycles. The molecule has 0 amide bonds. The van der Waals surface area contributed by atoms with Crippen LogP contribution in [0.25, 0.3) is 0 Å². The number of hydrogen-bond acceptors (Lipinski definition) is 4. The van der Waals surface area contributed by atoms with E-state index in [-0.39, 0.29) is 19.3 Å². The Morgan fingerprint density at radius 2 is 1.94 bits per heavy atom. The van der Waals surface area contributed by atoms with E-state index in [0.717, 1.165) is 0 Å². The highest BCUT2D eigenvalue weighted by molar-refractivity contribution is 7.86. The number of morpholine rings is 1. The van der Waals surface area contributed by atoms with Crippen molar-refractivity contribution in [2.75, 3.05) is 32.8 Å². The summed E-state index contributed by atoms with van der Waals surface area (Å²) in [7, 11) is -3.42. The lowest BCUT2D eigenvalue weighted by Gasteiger charge is -2.37. The van der Waals surface area contributed by atoms with Gasteiger partial charge in [-0.25, -0.2) is 0 Å². The van der Waals surface area contributed by atoms with Crippen molar-refractivity contribution in [2.45, 2.75) is 33.0 Å². The number of aliphatic hydroxyl groups excluding tert-OH is 1. The Kier molecular flexibility index (Phi) is 5.33. The molecule has 1 aliphatic heterocycles. The minimum atomic E-state index is -3.42. The van der Waals surface area contributed by atoms with Crippen molar-refractivity contribution in [3.05, 3.63) is 0 Å². The molecule has 0 aromatic carbocycles. The number of aliphatic hydroxyl groups is 1. The molecule has 1 heterocycles. The zero-order valence-corrected chi connectivity index (χ0v) is 11.5. The van der Waals surface area contributed by atoms with E-state index in [1.807, 2.05) is 20.8 Å². The lowest BCUT2D eigenvalue weighted by atomic mass is 10.2. The van der Waals surface area contributed by atoms with Gasteiger partial charge in [0.2, 0.25) is 0 Å². The van der Waals surface area contributed by atoms with Gasteiger partial charge in [-0.2, -0.15) is 17.0 Å². The van der Waals surface area contributed by atoms with Crippen LogP contribution in [0.5, 0.6) is 0 Å². The quantitative estimate of drug-likeness (QED) is 0.739. The summed E-state index contributed by atoms with van der Waals surface area (Å²) in [5, 5.41) is 9.09. The molecule has 0 aromatic heterocycles. The maximum atomic E-state index is 12.3. The first kappa shape index (κ1) is 14.8. The molecule has 1 saturated heterocycles. The second-order valence-corrected chi connectivity index (χ2v) is 6.09. The van der Waals surface area contributed by atoms with Gasteiger partial charge >= 0.3 is 0 Å². The minimum absolute atomic E-state index is 0.158. The van der Waals surface area contributed by atoms with Crippen LogP contribution in [0.15, 0.2) is 0 Å². The summed E-state index contributed by atoms with van der Waals surface area (Å²) in [6, 6.07) is 0. The summed E-state index contributed by atoms with van der Waals surface area (Å²) in [5.41, 5.74) is 0. The van der Waals surface area contributed by atoms with Crippen molar-refractivity contribution in [3.8, 4) is 0 Å². The SMILES string of the molecule is CCN(CC)S(=O)(=O)N1CC(C)OC(CO)C1. The Bertz CT molecular complexity index is 329. The largest absolute Gasteiger partial charge is 0.394 e. The zero-order chi connectivity index (χ0) is 13.1. The van der Waals surface area contributed by atoms with E-state index >= 15 is 0 Å². The van der Waals surface area contributed by atoms with Gasteiger partial charge in [0, 0.05) is 26.2 Å². The summed E-state index contributed by atoms with van der Waals surface area (Å²) in [4.78, 5) is 0. The van der Waals surface area contributed by atoms with Crippen LogP contribution in [0.4, 0.5) is 0 Å². The van der Waals surface area contributed by atoms with E-state index in [1.54, 1.807) is 0 Å². The van der Waals surface area contributed by atoms with Crippen molar-refractivity contribution >= 4 is 10.2 Å². The van der Waals surface area contributed by atoms with Gasteiger partial charge in [0.1, 0.15) is 0 Å². The average molecular weight is 266 g/mol. The van der Waals surface area contributed by atoms with E-state index < -0.39 is 16.3 Å². The fourth-order valence-electron chi connectivity index (χ4n) is 2.01. The Hall–Kier alpha value is -0.210. The molecule has 17 heavy (non-hydrogen) atoms. The monoisotopic (exact) mass is 266 g/mol. The number of rotatable bonds is 5. The Morgan fingerprint density at radius 3 is 2.41 bits per heavy atom. The van der Waals surface area contributed by atoms with Crippen molar-refractivity contribution < 1.29 is 18.3 Å². The second kappa shape index (κ2) is 6.10. The predicted molar refractivity (Wildman–Crippen MR) is 64.8 cm³/mol. The molecular formula is C10H22N2O4S. The van der Waals surface area contributed by atoms with Crippen LogP contribution in [0, 0.1) is 0 Å². The number of nitrogens with zero attached hydrogens (tertiary/aromatic N) is 2. The highest BCUT2D eigenvalue weighted by atomic mass is 32.2. The van der Waals surface area contributed by atoms with Gasteiger partial charge in [-0.05, 0) is 6.92 Å². The van der Waals surface area contributed by atoms with Crippen LogP contribution in [0.3, 0.4) is 0 Å². The van der Waals surface area contributed by atoms with Gasteiger partial charge in [-0.15, -0.1) is 0 Å². The third-order valence-corrected chi connectivity index (χ3v) is 4.97. The minimum Gasteiger partial charge on any atom is -0.394 e. The first-order valence-electron chi connectivity index (χ1n) is 5.97. The van der Waals surface area contributed by atoms with Crippen LogP contribution < -0.4 is 0 Å². The molecular weight excluding hydrogens is 244 g/mol. The summed E-state index contributed by atoms with van der Waals surface area (Å²) >= 11 is 0. The molecule has 7 heteroatoms. The molecule has 0 aromatic rings. The van der Waals surface area contributed by atoms with Crippen molar-refractivity contribution in [3.63, 3.8) is 0 Å². The normalized spacial score (nSPS) is 27.6. The average Bonchev–Trinajstić information content (AvgIpc) is 2.29. The smallest absolute Gasteiger partial charge is 0.282 e. The number of hydrogen-bond donors (Lipinski definition) is 1. The zero-order valence-electron chi connectivity index (χ0n) is 10.7. The molecule has 0 saturated carbocycles. The molecule has 2 atom stereocenters. The number of ether oxygens (including phenoxy) is 1. The lowest BCUT2D eigenvalue weighted by molar-refractivity contribution is -0.0760. The second-order valence-electron chi connectivity index (χ2n) is 4.16. The van der Waals surface area contributed by atoms with Crippen LogP contribution in [0.2, 0.25) is 0 Å². The molecule has 1 N–H and O–H groups in total. The van der Waals surface area contributed by atoms with Crippen molar-refractivity contribution in [1.29, 1.82) is 0 Å². The first-order chi connectivity index (χ1) is 7.95. The maximum absolute atomic E-state index is 12.3. The van der Waals surface area contributed by atoms with Gasteiger partial charge in [0.15, 0.2) is 0 Å². The van der Waals surface area contributed by atoms with Crippen molar-refractivity contribution in [1.82, 2.24) is 8.61 Å². The van der Waals surface area contributed by atoms with Crippen LogP contribution in [0.1, 0.15) is 20.8 Å². The Labute approximate surface area is 103 Å². The van der Waals surface area contributed by atoms with Crippen molar-refractivity contribution in [2.24, 2.45) is 0 Å². The summed E-state index contributed by atoms with van der Waals surface area (Å²) in [5.74, 6) is 0. The van der Waals surface area contributed by atoms with Gasteiger partial charge < -0.3 is 9.84 Å². The summed E-state index contributed by atoms with van der Waals surface area (Å²) in [6.07, 6.45) is -0.615. The highest BCUT2D eigenvalue weighted by Gasteiger charge is 2.35. The summed E-state index contributed by atoms with van der Waals surface area (Å²) in [6.45, 7) is 6.75. The van der Waals surface area contributed by atoms with Gasteiger partial charge in [-0.1, -0.05) is 13.8 Å². The van der Waals surface area contributed by atoms with Crippen LogP contribution in [-0.4, -0.2) is 67.1 Å². The molecule has 1 aliphatic rings. The Balaban J connectivity index is 2.83. The summed E-state index contributed by atoms with van der Waals surface area (Å²) < 4.78 is 32.8. The fourth-order valence-corrected chi connectivity index (χ4v) is 3.74. The molecule has 0 radical (unpaired) electrons. The maximum Gasteiger partial charge on any atom is 0.282 e. The highest BCUT2D eigenvalue weighted by Crippen LogP contribution is 2.17. The van der Waals surface area contributed by atoms with E-state index in [1.165, 1.54) is 8.61 Å². The van der Waals surface area contributed by atoms with Gasteiger partial charge in [-0.3, -0.25) is 0 Å².